The van der Waals surface area contributed by atoms with Crippen molar-refractivity contribution in [2.75, 3.05) is 5.32 Å². The van der Waals surface area contributed by atoms with Crippen molar-refractivity contribution >= 4 is 33.5 Å². The van der Waals surface area contributed by atoms with E-state index < -0.39 is 12.1 Å². The molecule has 0 saturated heterocycles. The summed E-state index contributed by atoms with van der Waals surface area (Å²) in [5.74, 6) is -1.68. The fraction of sp³-hybridized carbons (Fsp3) is 0.0526. The van der Waals surface area contributed by atoms with E-state index in [-0.39, 0.29) is 5.69 Å². The lowest BCUT2D eigenvalue weighted by molar-refractivity contribution is -0.167. The van der Waals surface area contributed by atoms with Crippen LogP contribution in [0.25, 0.3) is 33.3 Å². The van der Waals surface area contributed by atoms with Gasteiger partial charge in [-0.05, 0) is 41.1 Å². The van der Waals surface area contributed by atoms with Crippen molar-refractivity contribution in [3.8, 4) is 11.5 Å². The molecule has 26 heavy (non-hydrogen) atoms. The van der Waals surface area contributed by atoms with Gasteiger partial charge in [0.25, 0.3) is 0 Å². The molecule has 0 aliphatic rings. The molecule has 0 saturated carbocycles. The number of fused-ring (bicyclic) bond motifs is 2. The highest BCUT2D eigenvalue weighted by molar-refractivity contribution is 5.96. The van der Waals surface area contributed by atoms with Gasteiger partial charge in [-0.2, -0.15) is 13.2 Å². The molecule has 130 valence electrons. The second-order valence-corrected chi connectivity index (χ2v) is 5.72. The van der Waals surface area contributed by atoms with Crippen molar-refractivity contribution in [3.63, 3.8) is 0 Å². The molecule has 4 nitrogen and oxygen atoms in total. The van der Waals surface area contributed by atoms with Crippen LogP contribution in [-0.4, -0.2) is 17.1 Å². The number of amides is 1. The van der Waals surface area contributed by atoms with E-state index >= 15 is 0 Å². The van der Waals surface area contributed by atoms with Gasteiger partial charge in [0.1, 0.15) is 5.52 Å². The summed E-state index contributed by atoms with van der Waals surface area (Å²) >= 11 is 0. The molecule has 0 aliphatic carbocycles. The fourth-order valence-electron chi connectivity index (χ4n) is 2.65. The van der Waals surface area contributed by atoms with Gasteiger partial charge in [0.05, 0.1) is 0 Å². The van der Waals surface area contributed by atoms with Crippen LogP contribution in [0, 0.1) is 0 Å². The molecule has 0 bridgehead atoms. The van der Waals surface area contributed by atoms with Gasteiger partial charge >= 0.3 is 12.1 Å². The van der Waals surface area contributed by atoms with Crippen molar-refractivity contribution in [2.24, 2.45) is 0 Å². The maximum absolute atomic E-state index is 12.4. The number of benzene rings is 3. The van der Waals surface area contributed by atoms with Gasteiger partial charge in [-0.15, -0.1) is 0 Å². The number of nitrogens with one attached hydrogen (secondary N) is 1. The van der Waals surface area contributed by atoms with Gasteiger partial charge in [0.2, 0.25) is 5.89 Å². The van der Waals surface area contributed by atoms with Crippen LogP contribution in [0.15, 0.2) is 65.1 Å². The number of carbonyl (C=O) groups is 1. The first-order chi connectivity index (χ1) is 12.4. The maximum Gasteiger partial charge on any atom is 0.471 e. The molecule has 1 N–H and O–H groups in total. The zero-order chi connectivity index (χ0) is 18.3. The van der Waals surface area contributed by atoms with E-state index in [4.69, 9.17) is 4.42 Å². The monoisotopic (exact) mass is 356 g/mol. The number of halogens is 3. The zero-order valence-corrected chi connectivity index (χ0v) is 13.2. The summed E-state index contributed by atoms with van der Waals surface area (Å²) in [5.41, 5.74) is 1.52. The van der Waals surface area contributed by atoms with Crippen LogP contribution in [0.2, 0.25) is 0 Å². The molecule has 1 amide bonds. The van der Waals surface area contributed by atoms with Crippen LogP contribution in [-0.2, 0) is 4.79 Å². The van der Waals surface area contributed by atoms with Crippen molar-refractivity contribution < 1.29 is 22.4 Å². The Labute approximate surface area is 145 Å². The summed E-state index contributed by atoms with van der Waals surface area (Å²) in [7, 11) is 0. The third-order valence-electron chi connectivity index (χ3n) is 3.90. The summed E-state index contributed by atoms with van der Waals surface area (Å²) in [4.78, 5) is 15.4. The van der Waals surface area contributed by atoms with Gasteiger partial charge in [-0.3, -0.25) is 4.79 Å². The van der Waals surface area contributed by atoms with Gasteiger partial charge in [0.15, 0.2) is 5.58 Å². The van der Waals surface area contributed by atoms with Crippen LogP contribution in [0.5, 0.6) is 0 Å². The SMILES string of the molecule is O=C(Nc1ccc2oc(-c3ccc4ccccc4c3)nc2c1)C(F)(F)F. The molecule has 0 atom stereocenters. The van der Waals surface area contributed by atoms with E-state index in [1.807, 2.05) is 42.5 Å². The number of nitrogens with zero attached hydrogens (tertiary/aromatic N) is 1. The summed E-state index contributed by atoms with van der Waals surface area (Å²) in [6, 6.07) is 17.7. The topological polar surface area (TPSA) is 55.1 Å². The smallest absolute Gasteiger partial charge is 0.436 e. The van der Waals surface area contributed by atoms with Crippen LogP contribution in [0.1, 0.15) is 0 Å². The van der Waals surface area contributed by atoms with Gasteiger partial charge in [-0.25, -0.2) is 4.98 Å². The van der Waals surface area contributed by atoms with Gasteiger partial charge in [-0.1, -0.05) is 30.3 Å². The number of hydrogen-bond acceptors (Lipinski definition) is 3. The number of alkyl halides is 3. The quantitative estimate of drug-likeness (QED) is 0.540. The number of carbonyl (C=O) groups excluding carboxylic acids is 1. The van der Waals surface area contributed by atoms with E-state index in [1.165, 1.54) is 18.2 Å². The Morgan fingerprint density at radius 3 is 2.50 bits per heavy atom. The Kier molecular flexibility index (Phi) is 3.64. The molecule has 0 radical (unpaired) electrons. The second kappa shape index (κ2) is 5.87. The number of aromatic nitrogens is 1. The largest absolute Gasteiger partial charge is 0.471 e. The molecule has 7 heteroatoms. The normalized spacial score (nSPS) is 11.8. The lowest BCUT2D eigenvalue weighted by Gasteiger charge is -2.07. The molecule has 0 fully saturated rings. The molecule has 4 aromatic rings. The van der Waals surface area contributed by atoms with E-state index in [1.54, 1.807) is 5.32 Å². The molecular formula is C19H11F3N2O2. The molecule has 1 heterocycles. The third-order valence-corrected chi connectivity index (χ3v) is 3.90. The first-order valence-electron chi connectivity index (χ1n) is 7.68. The minimum Gasteiger partial charge on any atom is -0.436 e. The lowest BCUT2D eigenvalue weighted by atomic mass is 10.1. The van der Waals surface area contributed by atoms with E-state index in [0.717, 1.165) is 16.3 Å². The fourth-order valence-corrected chi connectivity index (χ4v) is 2.65. The zero-order valence-electron chi connectivity index (χ0n) is 13.2. The summed E-state index contributed by atoms with van der Waals surface area (Å²) in [6.45, 7) is 0. The highest BCUT2D eigenvalue weighted by Gasteiger charge is 2.38. The highest BCUT2D eigenvalue weighted by atomic mass is 19.4. The van der Waals surface area contributed by atoms with E-state index in [9.17, 15) is 18.0 Å². The van der Waals surface area contributed by atoms with Crippen LogP contribution in [0.3, 0.4) is 0 Å². The standard InChI is InChI=1S/C19H11F3N2O2/c20-19(21,22)18(25)23-14-7-8-16-15(10-14)24-17(26-16)13-6-5-11-3-1-2-4-12(11)9-13/h1-10H,(H,23,25). The molecule has 4 rings (SSSR count). The van der Waals surface area contributed by atoms with Gasteiger partial charge in [0, 0.05) is 11.3 Å². The molecule has 3 aromatic carbocycles. The first kappa shape index (κ1) is 16.1. The van der Waals surface area contributed by atoms with Crippen molar-refractivity contribution in [1.29, 1.82) is 0 Å². The Bertz CT molecular complexity index is 1130. The molecule has 1 aromatic heterocycles. The highest BCUT2D eigenvalue weighted by Crippen LogP contribution is 2.29. The van der Waals surface area contributed by atoms with Crippen LogP contribution >= 0.6 is 0 Å². The molecule has 0 aliphatic heterocycles. The Morgan fingerprint density at radius 2 is 1.73 bits per heavy atom. The Morgan fingerprint density at radius 1 is 0.962 bits per heavy atom. The number of rotatable bonds is 2. The molecule has 0 spiro atoms. The maximum atomic E-state index is 12.4. The van der Waals surface area contributed by atoms with E-state index in [0.29, 0.717) is 17.0 Å². The number of anilines is 1. The van der Waals surface area contributed by atoms with Crippen LogP contribution in [0.4, 0.5) is 18.9 Å². The summed E-state index contributed by atoms with van der Waals surface area (Å²) in [5, 5.41) is 3.89. The summed E-state index contributed by atoms with van der Waals surface area (Å²) in [6.07, 6.45) is -4.95. The Balaban J connectivity index is 1.69. The van der Waals surface area contributed by atoms with Crippen LogP contribution < -0.4 is 5.32 Å². The average Bonchev–Trinajstić information content (AvgIpc) is 3.04. The second-order valence-electron chi connectivity index (χ2n) is 5.72. The van der Waals surface area contributed by atoms with Gasteiger partial charge < -0.3 is 9.73 Å². The predicted molar refractivity (Wildman–Crippen MR) is 91.6 cm³/mol. The third kappa shape index (κ3) is 2.99. The number of oxazole rings is 1. The average molecular weight is 356 g/mol. The van der Waals surface area contributed by atoms with E-state index in [2.05, 4.69) is 4.98 Å². The number of hydrogen-bond donors (Lipinski definition) is 1. The summed E-state index contributed by atoms with van der Waals surface area (Å²) < 4.78 is 42.8. The molecule has 0 unspecified atom stereocenters. The van der Waals surface area contributed by atoms with Crippen molar-refractivity contribution in [2.45, 2.75) is 6.18 Å². The first-order valence-corrected chi connectivity index (χ1v) is 7.68. The minimum atomic E-state index is -4.95. The molecular weight excluding hydrogens is 345 g/mol. The minimum absolute atomic E-state index is 0.00168. The Hall–Kier alpha value is -3.35. The van der Waals surface area contributed by atoms with Crippen molar-refractivity contribution in [1.82, 2.24) is 4.98 Å². The van der Waals surface area contributed by atoms with Crippen molar-refractivity contribution in [3.05, 3.63) is 60.7 Å². The lowest BCUT2D eigenvalue weighted by Crippen LogP contribution is -2.29. The predicted octanol–water partition coefficient (Wildman–Crippen LogP) is 5.15.